The third-order valence-electron chi connectivity index (χ3n) is 2.06. The summed E-state index contributed by atoms with van der Waals surface area (Å²) in [5.74, 6) is -1.11. The SMILES string of the molecule is C=C(CC(=O)Nc1ccccc1OC)C(=O)O. The molecule has 0 spiro atoms. The van der Waals surface area contributed by atoms with Crippen LogP contribution in [0.2, 0.25) is 0 Å². The number of hydrogen-bond acceptors (Lipinski definition) is 3. The third-order valence-corrected chi connectivity index (χ3v) is 2.06. The molecule has 90 valence electrons. The summed E-state index contributed by atoms with van der Waals surface area (Å²) in [7, 11) is 1.49. The molecular weight excluding hydrogens is 222 g/mol. The van der Waals surface area contributed by atoms with Crippen molar-refractivity contribution in [3.63, 3.8) is 0 Å². The number of nitrogens with one attached hydrogen (secondary N) is 1. The predicted octanol–water partition coefficient (Wildman–Crippen LogP) is 1.66. The molecule has 0 aromatic heterocycles. The number of carboxylic acids is 1. The standard InChI is InChI=1S/C12H13NO4/c1-8(12(15)16)7-11(14)13-9-5-3-4-6-10(9)17-2/h3-6H,1,7H2,2H3,(H,13,14)(H,15,16). The largest absolute Gasteiger partial charge is 0.495 e. The Morgan fingerprint density at radius 1 is 1.41 bits per heavy atom. The number of carboxylic acid groups (broad SMARTS) is 1. The zero-order chi connectivity index (χ0) is 12.8. The molecule has 0 saturated heterocycles. The van der Waals surface area contributed by atoms with Gasteiger partial charge in [-0.15, -0.1) is 0 Å². The van der Waals surface area contributed by atoms with E-state index >= 15 is 0 Å². The van der Waals surface area contributed by atoms with Crippen LogP contribution >= 0.6 is 0 Å². The Hall–Kier alpha value is -2.30. The van der Waals surface area contributed by atoms with Crippen LogP contribution in [0.3, 0.4) is 0 Å². The summed E-state index contributed by atoms with van der Waals surface area (Å²) in [5.41, 5.74) is 0.343. The van der Waals surface area contributed by atoms with Gasteiger partial charge in [-0.1, -0.05) is 18.7 Å². The van der Waals surface area contributed by atoms with Crippen LogP contribution in [0.25, 0.3) is 0 Å². The lowest BCUT2D eigenvalue weighted by Crippen LogP contribution is -2.15. The smallest absolute Gasteiger partial charge is 0.331 e. The minimum absolute atomic E-state index is 0.155. The molecule has 0 bridgehead atoms. The number of aliphatic carboxylic acids is 1. The minimum atomic E-state index is -1.18. The van der Waals surface area contributed by atoms with E-state index in [1.807, 2.05) is 0 Å². The molecule has 0 heterocycles. The second-order valence-electron chi connectivity index (χ2n) is 3.33. The van der Waals surface area contributed by atoms with Crippen molar-refractivity contribution in [2.45, 2.75) is 6.42 Å². The topological polar surface area (TPSA) is 75.6 Å². The first-order valence-electron chi connectivity index (χ1n) is 4.88. The van der Waals surface area contributed by atoms with E-state index in [9.17, 15) is 9.59 Å². The van der Waals surface area contributed by atoms with Gasteiger partial charge in [-0.2, -0.15) is 0 Å². The Morgan fingerprint density at radius 2 is 2.06 bits per heavy atom. The van der Waals surface area contributed by atoms with E-state index in [1.165, 1.54) is 7.11 Å². The molecule has 2 N–H and O–H groups in total. The highest BCUT2D eigenvalue weighted by atomic mass is 16.5. The Bertz CT molecular complexity index is 454. The van der Waals surface area contributed by atoms with Crippen LogP contribution in [0.4, 0.5) is 5.69 Å². The molecule has 0 aliphatic carbocycles. The molecule has 0 aliphatic heterocycles. The van der Waals surface area contributed by atoms with Gasteiger partial charge in [0.1, 0.15) is 5.75 Å². The normalized spacial score (nSPS) is 9.47. The summed E-state index contributed by atoms with van der Waals surface area (Å²) in [5, 5.41) is 11.2. The first-order chi connectivity index (χ1) is 8.04. The maximum Gasteiger partial charge on any atom is 0.331 e. The van der Waals surface area contributed by atoms with Gasteiger partial charge in [0.2, 0.25) is 5.91 Å². The van der Waals surface area contributed by atoms with Crippen LogP contribution in [0, 0.1) is 0 Å². The molecule has 1 amide bonds. The highest BCUT2D eigenvalue weighted by Crippen LogP contribution is 2.23. The third kappa shape index (κ3) is 3.64. The fraction of sp³-hybridized carbons (Fsp3) is 0.167. The average Bonchev–Trinajstić information content (AvgIpc) is 2.29. The first kappa shape index (κ1) is 12.8. The molecule has 0 unspecified atom stereocenters. The van der Waals surface area contributed by atoms with E-state index in [-0.39, 0.29) is 12.0 Å². The van der Waals surface area contributed by atoms with Crippen molar-refractivity contribution >= 4 is 17.6 Å². The fourth-order valence-electron chi connectivity index (χ4n) is 1.21. The van der Waals surface area contributed by atoms with Gasteiger partial charge in [-0.05, 0) is 12.1 Å². The zero-order valence-corrected chi connectivity index (χ0v) is 9.40. The highest BCUT2D eigenvalue weighted by molar-refractivity contribution is 5.99. The molecule has 5 heteroatoms. The molecule has 5 nitrogen and oxygen atoms in total. The summed E-state index contributed by atoms with van der Waals surface area (Å²) >= 11 is 0. The number of carbonyl (C=O) groups excluding carboxylic acids is 1. The van der Waals surface area contributed by atoms with Gasteiger partial charge in [-0.3, -0.25) is 4.79 Å². The van der Waals surface area contributed by atoms with Crippen LogP contribution in [-0.4, -0.2) is 24.1 Å². The predicted molar refractivity (Wildman–Crippen MR) is 63.0 cm³/mol. The number of methoxy groups -OCH3 is 1. The second-order valence-corrected chi connectivity index (χ2v) is 3.33. The Balaban J connectivity index is 2.68. The maximum absolute atomic E-state index is 11.5. The quantitative estimate of drug-likeness (QED) is 0.761. The highest BCUT2D eigenvalue weighted by Gasteiger charge is 2.11. The minimum Gasteiger partial charge on any atom is -0.495 e. The number of para-hydroxylation sites is 2. The fourth-order valence-corrected chi connectivity index (χ4v) is 1.21. The summed E-state index contributed by atoms with van der Waals surface area (Å²) in [6.07, 6.45) is -0.257. The second kappa shape index (κ2) is 5.69. The first-order valence-corrected chi connectivity index (χ1v) is 4.88. The van der Waals surface area contributed by atoms with Crippen LogP contribution in [0.5, 0.6) is 5.75 Å². The van der Waals surface area contributed by atoms with Gasteiger partial charge in [0.05, 0.1) is 19.2 Å². The Labute approximate surface area is 98.7 Å². The molecule has 0 fully saturated rings. The number of benzene rings is 1. The lowest BCUT2D eigenvalue weighted by atomic mass is 10.2. The number of carbonyl (C=O) groups is 2. The number of hydrogen-bond donors (Lipinski definition) is 2. The lowest BCUT2D eigenvalue weighted by molar-refractivity contribution is -0.133. The Morgan fingerprint density at radius 3 is 2.65 bits per heavy atom. The zero-order valence-electron chi connectivity index (χ0n) is 9.40. The van der Waals surface area contributed by atoms with Crippen molar-refractivity contribution < 1.29 is 19.4 Å². The van der Waals surface area contributed by atoms with E-state index < -0.39 is 11.9 Å². The molecular formula is C12H13NO4. The average molecular weight is 235 g/mol. The lowest BCUT2D eigenvalue weighted by Gasteiger charge is -2.09. The Kier molecular flexibility index (Phi) is 4.28. The van der Waals surface area contributed by atoms with E-state index in [2.05, 4.69) is 11.9 Å². The van der Waals surface area contributed by atoms with Gasteiger partial charge in [0, 0.05) is 5.57 Å². The van der Waals surface area contributed by atoms with Gasteiger partial charge < -0.3 is 15.2 Å². The number of ether oxygens (including phenoxy) is 1. The van der Waals surface area contributed by atoms with Gasteiger partial charge in [0.15, 0.2) is 0 Å². The summed E-state index contributed by atoms with van der Waals surface area (Å²) in [4.78, 5) is 22.0. The van der Waals surface area contributed by atoms with Gasteiger partial charge >= 0.3 is 5.97 Å². The van der Waals surface area contributed by atoms with E-state index in [1.54, 1.807) is 24.3 Å². The van der Waals surface area contributed by atoms with Crippen molar-refractivity contribution in [2.75, 3.05) is 12.4 Å². The summed E-state index contributed by atoms with van der Waals surface area (Å²) in [6, 6.07) is 6.87. The monoisotopic (exact) mass is 235 g/mol. The van der Waals surface area contributed by atoms with Crippen LogP contribution in [0.1, 0.15) is 6.42 Å². The van der Waals surface area contributed by atoms with Crippen molar-refractivity contribution in [2.24, 2.45) is 0 Å². The van der Waals surface area contributed by atoms with Crippen LogP contribution in [0.15, 0.2) is 36.4 Å². The molecule has 0 saturated carbocycles. The molecule has 1 aromatic rings. The summed E-state index contributed by atoms with van der Waals surface area (Å²) in [6.45, 7) is 3.29. The molecule has 0 aliphatic rings. The number of anilines is 1. The summed E-state index contributed by atoms with van der Waals surface area (Å²) < 4.78 is 5.05. The number of amides is 1. The van der Waals surface area contributed by atoms with E-state index in [4.69, 9.17) is 9.84 Å². The van der Waals surface area contributed by atoms with E-state index in [0.717, 1.165) is 0 Å². The van der Waals surface area contributed by atoms with Gasteiger partial charge in [-0.25, -0.2) is 4.79 Å². The van der Waals surface area contributed by atoms with Crippen molar-refractivity contribution in [3.8, 4) is 5.75 Å². The molecule has 1 aromatic carbocycles. The molecule has 0 radical (unpaired) electrons. The molecule has 1 rings (SSSR count). The number of rotatable bonds is 5. The van der Waals surface area contributed by atoms with Crippen LogP contribution < -0.4 is 10.1 Å². The molecule has 0 atom stereocenters. The maximum atomic E-state index is 11.5. The van der Waals surface area contributed by atoms with E-state index in [0.29, 0.717) is 11.4 Å². The van der Waals surface area contributed by atoms with Gasteiger partial charge in [0.25, 0.3) is 0 Å². The van der Waals surface area contributed by atoms with Crippen molar-refractivity contribution in [1.29, 1.82) is 0 Å². The van der Waals surface area contributed by atoms with Crippen molar-refractivity contribution in [3.05, 3.63) is 36.4 Å². The van der Waals surface area contributed by atoms with Crippen molar-refractivity contribution in [1.82, 2.24) is 0 Å². The molecule has 17 heavy (non-hydrogen) atoms. The van der Waals surface area contributed by atoms with Crippen LogP contribution in [-0.2, 0) is 9.59 Å².